The first kappa shape index (κ1) is 10.9. The van der Waals surface area contributed by atoms with Crippen LogP contribution in [0.1, 0.15) is 19.8 Å². The highest BCUT2D eigenvalue weighted by Gasteiger charge is 2.33. The number of hydrogen-bond acceptors (Lipinski definition) is 3. The third-order valence-electron chi connectivity index (χ3n) is 3.53. The van der Waals surface area contributed by atoms with E-state index in [9.17, 15) is 4.79 Å². The molecule has 1 N–H and O–H groups in total. The molecule has 0 radical (unpaired) electrons. The predicted molar refractivity (Wildman–Crippen MR) is 59.4 cm³/mol. The zero-order chi connectivity index (χ0) is 10.8. The van der Waals surface area contributed by atoms with Gasteiger partial charge in [-0.2, -0.15) is 0 Å². The number of amides is 1. The van der Waals surface area contributed by atoms with Gasteiger partial charge in [0.05, 0.1) is 6.17 Å². The smallest absolute Gasteiger partial charge is 0.227 e. The number of rotatable bonds is 1. The van der Waals surface area contributed by atoms with Crippen LogP contribution in [0.5, 0.6) is 0 Å². The van der Waals surface area contributed by atoms with Gasteiger partial charge in [0.25, 0.3) is 0 Å². The molecule has 0 bridgehead atoms. The molecule has 2 atom stereocenters. The minimum absolute atomic E-state index is 0.126. The average Bonchev–Trinajstić information content (AvgIpc) is 2.56. The van der Waals surface area contributed by atoms with Gasteiger partial charge in [0.2, 0.25) is 5.91 Å². The summed E-state index contributed by atoms with van der Waals surface area (Å²) in [6.45, 7) is 5.75. The summed E-state index contributed by atoms with van der Waals surface area (Å²) in [6.07, 6.45) is 2.70. The molecule has 2 aliphatic heterocycles. The lowest BCUT2D eigenvalue weighted by atomic mass is 10.1. The normalized spacial score (nSPS) is 34.5. The zero-order valence-electron chi connectivity index (χ0n) is 9.70. The molecule has 0 saturated carbocycles. The lowest BCUT2D eigenvalue weighted by molar-refractivity contribution is -0.138. The molecule has 0 aliphatic carbocycles. The van der Waals surface area contributed by atoms with E-state index in [4.69, 9.17) is 0 Å². The van der Waals surface area contributed by atoms with Crippen LogP contribution in [0.25, 0.3) is 0 Å². The van der Waals surface area contributed by atoms with Gasteiger partial charge < -0.3 is 10.2 Å². The van der Waals surface area contributed by atoms with Crippen molar-refractivity contribution in [2.75, 3.05) is 33.2 Å². The van der Waals surface area contributed by atoms with E-state index in [0.29, 0.717) is 12.1 Å². The molecule has 0 aromatic carbocycles. The Hall–Kier alpha value is -0.610. The number of carbonyl (C=O) groups is 1. The number of carbonyl (C=O) groups excluding carboxylic acids is 1. The molecule has 0 spiro atoms. The first-order valence-electron chi connectivity index (χ1n) is 5.91. The molecule has 0 aromatic rings. The molecule has 86 valence electrons. The fourth-order valence-corrected chi connectivity index (χ4v) is 2.58. The van der Waals surface area contributed by atoms with Gasteiger partial charge in [-0.25, -0.2) is 0 Å². The number of nitrogens with zero attached hydrogens (tertiary/aromatic N) is 2. The van der Waals surface area contributed by atoms with Crippen LogP contribution in [0.15, 0.2) is 0 Å². The lowest BCUT2D eigenvalue weighted by Gasteiger charge is -2.33. The first-order valence-corrected chi connectivity index (χ1v) is 5.91. The fraction of sp³-hybridized carbons (Fsp3) is 0.909. The number of likely N-dealkylation sites (tertiary alicyclic amines) is 1. The van der Waals surface area contributed by atoms with E-state index in [2.05, 4.69) is 22.2 Å². The van der Waals surface area contributed by atoms with Crippen molar-refractivity contribution in [3.05, 3.63) is 0 Å². The Bertz CT molecular complexity index is 244. The second-order valence-corrected chi connectivity index (χ2v) is 4.74. The summed E-state index contributed by atoms with van der Waals surface area (Å²) in [4.78, 5) is 16.5. The Balaban J connectivity index is 2.08. The van der Waals surface area contributed by atoms with Gasteiger partial charge in [-0.3, -0.25) is 9.69 Å². The van der Waals surface area contributed by atoms with E-state index < -0.39 is 0 Å². The first-order chi connectivity index (χ1) is 7.20. The third-order valence-corrected chi connectivity index (χ3v) is 3.53. The molecule has 2 unspecified atom stereocenters. The number of hydrogen-bond donors (Lipinski definition) is 1. The molecular formula is C11H21N3O. The zero-order valence-corrected chi connectivity index (χ0v) is 9.70. The van der Waals surface area contributed by atoms with Crippen molar-refractivity contribution in [1.29, 1.82) is 0 Å². The third kappa shape index (κ3) is 2.16. The van der Waals surface area contributed by atoms with Crippen LogP contribution >= 0.6 is 0 Å². The molecule has 15 heavy (non-hydrogen) atoms. The highest BCUT2D eigenvalue weighted by atomic mass is 16.2. The molecule has 2 fully saturated rings. The molecule has 2 aliphatic rings. The van der Waals surface area contributed by atoms with E-state index in [1.54, 1.807) is 0 Å². The van der Waals surface area contributed by atoms with E-state index >= 15 is 0 Å². The van der Waals surface area contributed by atoms with Crippen molar-refractivity contribution in [3.8, 4) is 0 Å². The van der Waals surface area contributed by atoms with Gasteiger partial charge in [-0.1, -0.05) is 6.92 Å². The maximum Gasteiger partial charge on any atom is 0.227 e. The van der Waals surface area contributed by atoms with Crippen LogP contribution < -0.4 is 5.32 Å². The van der Waals surface area contributed by atoms with Crippen LogP contribution in [0.3, 0.4) is 0 Å². The minimum Gasteiger partial charge on any atom is -0.325 e. The Morgan fingerprint density at radius 3 is 2.87 bits per heavy atom. The molecule has 2 heterocycles. The summed E-state index contributed by atoms with van der Waals surface area (Å²) >= 11 is 0. The highest BCUT2D eigenvalue weighted by molar-refractivity contribution is 5.79. The van der Waals surface area contributed by atoms with Crippen LogP contribution in [-0.2, 0) is 4.79 Å². The van der Waals surface area contributed by atoms with Gasteiger partial charge in [-0.05, 0) is 26.4 Å². The quantitative estimate of drug-likeness (QED) is 0.668. The standard InChI is InChI=1S/C11H21N3O/c1-9-8-12-5-7-14(11(9)15)10-4-3-6-13(10)2/h9-10,12H,3-8H2,1-2H3. The van der Waals surface area contributed by atoms with Crippen molar-refractivity contribution >= 4 is 5.91 Å². The number of nitrogens with one attached hydrogen (secondary N) is 1. The van der Waals surface area contributed by atoms with Crippen LogP contribution in [0, 0.1) is 5.92 Å². The van der Waals surface area contributed by atoms with Crippen molar-refractivity contribution in [2.45, 2.75) is 25.9 Å². The van der Waals surface area contributed by atoms with Gasteiger partial charge in [0.1, 0.15) is 0 Å². The SMILES string of the molecule is CC1CNCCN(C2CCCN2C)C1=O. The summed E-state index contributed by atoms with van der Waals surface area (Å²) in [7, 11) is 2.12. The topological polar surface area (TPSA) is 35.6 Å². The molecule has 0 aromatic heterocycles. The van der Waals surface area contributed by atoms with Gasteiger partial charge >= 0.3 is 0 Å². The summed E-state index contributed by atoms with van der Waals surface area (Å²) in [5.74, 6) is 0.445. The lowest BCUT2D eigenvalue weighted by Crippen LogP contribution is -2.48. The van der Waals surface area contributed by atoms with E-state index in [1.165, 1.54) is 6.42 Å². The second-order valence-electron chi connectivity index (χ2n) is 4.74. The Labute approximate surface area is 91.6 Å². The molecule has 2 saturated heterocycles. The predicted octanol–water partition coefficient (Wildman–Crippen LogP) is 0.106. The van der Waals surface area contributed by atoms with Crippen LogP contribution in [-0.4, -0.2) is 55.1 Å². The summed E-state index contributed by atoms with van der Waals surface area (Å²) in [5.41, 5.74) is 0. The average molecular weight is 211 g/mol. The second kappa shape index (κ2) is 4.49. The van der Waals surface area contributed by atoms with Crippen LogP contribution in [0.2, 0.25) is 0 Å². The van der Waals surface area contributed by atoms with Gasteiger partial charge in [-0.15, -0.1) is 0 Å². The van der Waals surface area contributed by atoms with Crippen molar-refractivity contribution in [2.24, 2.45) is 5.92 Å². The van der Waals surface area contributed by atoms with E-state index in [1.807, 2.05) is 6.92 Å². The summed E-state index contributed by atoms with van der Waals surface area (Å²) in [5, 5.41) is 3.31. The Kier molecular flexibility index (Phi) is 3.26. The van der Waals surface area contributed by atoms with Gasteiger partial charge in [0.15, 0.2) is 0 Å². The van der Waals surface area contributed by atoms with Crippen LogP contribution in [0.4, 0.5) is 0 Å². The summed E-state index contributed by atoms with van der Waals surface area (Å²) in [6, 6.07) is 0. The molecule has 2 rings (SSSR count). The molecule has 4 heteroatoms. The van der Waals surface area contributed by atoms with Crippen molar-refractivity contribution < 1.29 is 4.79 Å². The largest absolute Gasteiger partial charge is 0.325 e. The molecule has 4 nitrogen and oxygen atoms in total. The maximum absolute atomic E-state index is 12.1. The fourth-order valence-electron chi connectivity index (χ4n) is 2.58. The van der Waals surface area contributed by atoms with Crippen molar-refractivity contribution in [3.63, 3.8) is 0 Å². The van der Waals surface area contributed by atoms with Crippen molar-refractivity contribution in [1.82, 2.24) is 15.1 Å². The van der Waals surface area contributed by atoms with E-state index in [-0.39, 0.29) is 5.92 Å². The summed E-state index contributed by atoms with van der Waals surface area (Å²) < 4.78 is 0. The highest BCUT2D eigenvalue weighted by Crippen LogP contribution is 2.21. The Morgan fingerprint density at radius 2 is 2.20 bits per heavy atom. The monoisotopic (exact) mass is 211 g/mol. The molecular weight excluding hydrogens is 190 g/mol. The van der Waals surface area contributed by atoms with E-state index in [0.717, 1.165) is 32.6 Å². The Morgan fingerprint density at radius 1 is 1.40 bits per heavy atom. The maximum atomic E-state index is 12.1. The molecule has 1 amide bonds. The minimum atomic E-state index is 0.126. The van der Waals surface area contributed by atoms with Gasteiger partial charge in [0, 0.05) is 25.6 Å².